The summed E-state index contributed by atoms with van der Waals surface area (Å²) in [7, 11) is 0. The molecule has 0 amide bonds. The summed E-state index contributed by atoms with van der Waals surface area (Å²) in [6.45, 7) is 2.50. The van der Waals surface area contributed by atoms with Crippen LogP contribution in [0.15, 0.2) is 0 Å². The maximum Gasteiger partial charge on any atom is 0.0499 e. The highest BCUT2D eigenvalue weighted by atomic mass is 16.3. The van der Waals surface area contributed by atoms with Crippen LogP contribution in [0.5, 0.6) is 0 Å². The van der Waals surface area contributed by atoms with E-state index >= 15 is 0 Å². The predicted octanol–water partition coefficient (Wildman–Crippen LogP) is 0.121. The Morgan fingerprint density at radius 2 is 1.92 bits per heavy atom. The molecule has 3 heteroatoms. The molecule has 0 atom stereocenters. The molecule has 1 rings (SSSR count). The van der Waals surface area contributed by atoms with Crippen LogP contribution in [-0.2, 0) is 0 Å². The lowest BCUT2D eigenvalue weighted by molar-refractivity contribution is 0.207. The molecule has 3 nitrogen and oxygen atoms in total. The van der Waals surface area contributed by atoms with Crippen LogP contribution in [0.4, 0.5) is 0 Å². The Kier molecular flexibility index (Phi) is 3.98. The number of hydrogen-bond donors (Lipinski definition) is 3. The van der Waals surface area contributed by atoms with Crippen LogP contribution in [0, 0.1) is 5.41 Å². The van der Waals surface area contributed by atoms with Crippen LogP contribution >= 0.6 is 0 Å². The second-order valence-electron chi connectivity index (χ2n) is 3.77. The topological polar surface area (TPSA) is 52.5 Å². The SMILES string of the molecule is OCCCCNCC1(CO)CC1. The quantitative estimate of drug-likeness (QED) is 0.479. The molecule has 0 unspecified atom stereocenters. The standard InChI is InChI=1S/C9H19NO2/c11-6-2-1-5-10-7-9(8-12)3-4-9/h10-12H,1-8H2. The molecule has 0 saturated heterocycles. The lowest BCUT2D eigenvalue weighted by Gasteiger charge is -2.11. The molecule has 12 heavy (non-hydrogen) atoms. The van der Waals surface area contributed by atoms with E-state index < -0.39 is 0 Å². The molecule has 1 saturated carbocycles. The Morgan fingerprint density at radius 1 is 1.17 bits per heavy atom. The number of unbranched alkanes of at least 4 members (excludes halogenated alkanes) is 1. The second kappa shape index (κ2) is 4.80. The monoisotopic (exact) mass is 173 g/mol. The summed E-state index contributed by atoms with van der Waals surface area (Å²) < 4.78 is 0. The van der Waals surface area contributed by atoms with Crippen molar-refractivity contribution in [1.29, 1.82) is 0 Å². The molecule has 0 heterocycles. The minimum Gasteiger partial charge on any atom is -0.396 e. The molecule has 0 aromatic carbocycles. The van der Waals surface area contributed by atoms with Gasteiger partial charge in [-0.25, -0.2) is 0 Å². The zero-order valence-corrected chi connectivity index (χ0v) is 7.55. The van der Waals surface area contributed by atoms with Gasteiger partial charge in [-0.15, -0.1) is 0 Å². The molecule has 1 fully saturated rings. The molecular weight excluding hydrogens is 154 g/mol. The third kappa shape index (κ3) is 3.09. The van der Waals surface area contributed by atoms with Crippen LogP contribution < -0.4 is 5.32 Å². The third-order valence-corrected chi connectivity index (χ3v) is 2.55. The first-order valence-corrected chi connectivity index (χ1v) is 4.75. The predicted molar refractivity (Wildman–Crippen MR) is 47.9 cm³/mol. The number of nitrogens with one attached hydrogen (secondary N) is 1. The maximum atomic E-state index is 8.98. The summed E-state index contributed by atoms with van der Waals surface area (Å²) in [5.74, 6) is 0. The third-order valence-electron chi connectivity index (χ3n) is 2.55. The zero-order chi connectivity index (χ0) is 8.86. The minimum atomic E-state index is 0.221. The minimum absolute atomic E-state index is 0.221. The molecule has 1 aliphatic rings. The normalized spacial score (nSPS) is 19.5. The molecule has 0 radical (unpaired) electrons. The highest BCUT2D eigenvalue weighted by molar-refractivity contribution is 4.94. The van der Waals surface area contributed by atoms with Gasteiger partial charge in [-0.05, 0) is 32.2 Å². The molecular formula is C9H19NO2. The van der Waals surface area contributed by atoms with Crippen molar-refractivity contribution in [3.8, 4) is 0 Å². The van der Waals surface area contributed by atoms with E-state index in [1.165, 1.54) is 0 Å². The zero-order valence-electron chi connectivity index (χ0n) is 7.55. The lowest BCUT2D eigenvalue weighted by atomic mass is 10.1. The van der Waals surface area contributed by atoms with Gasteiger partial charge in [0.1, 0.15) is 0 Å². The van der Waals surface area contributed by atoms with E-state index in [0.29, 0.717) is 6.61 Å². The smallest absolute Gasteiger partial charge is 0.0499 e. The van der Waals surface area contributed by atoms with E-state index in [4.69, 9.17) is 10.2 Å². The van der Waals surface area contributed by atoms with Gasteiger partial charge in [-0.1, -0.05) is 0 Å². The van der Waals surface area contributed by atoms with Crippen LogP contribution in [0.25, 0.3) is 0 Å². The van der Waals surface area contributed by atoms with E-state index in [-0.39, 0.29) is 12.0 Å². The summed E-state index contributed by atoms with van der Waals surface area (Å²) >= 11 is 0. The van der Waals surface area contributed by atoms with Crippen molar-refractivity contribution in [2.24, 2.45) is 5.41 Å². The Morgan fingerprint density at radius 3 is 2.42 bits per heavy atom. The maximum absolute atomic E-state index is 8.98. The molecule has 1 aliphatic carbocycles. The first kappa shape index (κ1) is 9.96. The summed E-state index contributed by atoms with van der Waals surface area (Å²) in [5, 5.41) is 20.8. The molecule has 3 N–H and O–H groups in total. The number of aliphatic hydroxyl groups is 2. The van der Waals surface area contributed by atoms with Crippen molar-refractivity contribution < 1.29 is 10.2 Å². The first-order chi connectivity index (χ1) is 5.83. The lowest BCUT2D eigenvalue weighted by Crippen LogP contribution is -2.27. The van der Waals surface area contributed by atoms with E-state index in [1.54, 1.807) is 0 Å². The molecule has 0 bridgehead atoms. The van der Waals surface area contributed by atoms with Crippen LogP contribution in [0.1, 0.15) is 25.7 Å². The van der Waals surface area contributed by atoms with Gasteiger partial charge in [-0.2, -0.15) is 0 Å². The van der Waals surface area contributed by atoms with Crippen molar-refractivity contribution in [3.63, 3.8) is 0 Å². The average molecular weight is 173 g/mol. The van der Waals surface area contributed by atoms with Gasteiger partial charge in [-0.3, -0.25) is 0 Å². The van der Waals surface area contributed by atoms with Crippen LogP contribution in [-0.4, -0.2) is 36.5 Å². The Bertz CT molecular complexity index is 124. The number of rotatable bonds is 7. The summed E-state index contributed by atoms with van der Waals surface area (Å²) in [6.07, 6.45) is 4.23. The van der Waals surface area contributed by atoms with Gasteiger partial charge in [0.15, 0.2) is 0 Å². The van der Waals surface area contributed by atoms with E-state index in [2.05, 4.69) is 5.32 Å². The Balaban J connectivity index is 1.89. The van der Waals surface area contributed by atoms with Crippen molar-refractivity contribution in [2.45, 2.75) is 25.7 Å². The van der Waals surface area contributed by atoms with Crippen LogP contribution in [0.2, 0.25) is 0 Å². The molecule has 0 aliphatic heterocycles. The van der Waals surface area contributed by atoms with Gasteiger partial charge in [0, 0.05) is 25.2 Å². The molecule has 72 valence electrons. The number of hydrogen-bond acceptors (Lipinski definition) is 3. The van der Waals surface area contributed by atoms with Gasteiger partial charge in [0.05, 0.1) is 0 Å². The largest absolute Gasteiger partial charge is 0.396 e. The fraction of sp³-hybridized carbons (Fsp3) is 1.00. The fourth-order valence-corrected chi connectivity index (χ4v) is 1.28. The Hall–Kier alpha value is -0.120. The van der Waals surface area contributed by atoms with Crippen LogP contribution in [0.3, 0.4) is 0 Å². The summed E-state index contributed by atoms with van der Waals surface area (Å²) in [4.78, 5) is 0. The second-order valence-corrected chi connectivity index (χ2v) is 3.77. The highest BCUT2D eigenvalue weighted by Crippen LogP contribution is 2.44. The van der Waals surface area contributed by atoms with Crippen molar-refractivity contribution >= 4 is 0 Å². The molecule has 0 aromatic rings. The van der Waals surface area contributed by atoms with Crippen molar-refractivity contribution in [1.82, 2.24) is 5.32 Å². The summed E-state index contributed by atoms with van der Waals surface area (Å²) in [5.41, 5.74) is 0.221. The molecule has 0 aromatic heterocycles. The van der Waals surface area contributed by atoms with E-state index in [9.17, 15) is 0 Å². The fourth-order valence-electron chi connectivity index (χ4n) is 1.28. The van der Waals surface area contributed by atoms with E-state index in [0.717, 1.165) is 38.8 Å². The van der Waals surface area contributed by atoms with Gasteiger partial charge in [0.2, 0.25) is 0 Å². The molecule has 0 spiro atoms. The number of aliphatic hydroxyl groups excluding tert-OH is 2. The van der Waals surface area contributed by atoms with Gasteiger partial charge in [0.25, 0.3) is 0 Å². The van der Waals surface area contributed by atoms with Crippen molar-refractivity contribution in [2.75, 3.05) is 26.3 Å². The first-order valence-electron chi connectivity index (χ1n) is 4.75. The average Bonchev–Trinajstić information content (AvgIpc) is 2.85. The van der Waals surface area contributed by atoms with Crippen molar-refractivity contribution in [3.05, 3.63) is 0 Å². The van der Waals surface area contributed by atoms with Gasteiger partial charge < -0.3 is 15.5 Å². The van der Waals surface area contributed by atoms with E-state index in [1.807, 2.05) is 0 Å². The highest BCUT2D eigenvalue weighted by Gasteiger charge is 2.41. The van der Waals surface area contributed by atoms with Gasteiger partial charge >= 0.3 is 0 Å². The Labute approximate surface area is 73.8 Å². The summed E-state index contributed by atoms with van der Waals surface area (Å²) in [6, 6.07) is 0.